The van der Waals surface area contributed by atoms with Crippen LogP contribution in [0.1, 0.15) is 18.2 Å². The fraction of sp³-hybridized carbons (Fsp3) is 0.636. The van der Waals surface area contributed by atoms with Crippen molar-refractivity contribution in [3.8, 4) is 0 Å². The largest absolute Gasteiger partial charge is 0.383 e. The Labute approximate surface area is 101 Å². The lowest BCUT2D eigenvalue weighted by molar-refractivity contribution is 0.166. The second-order valence-corrected chi connectivity index (χ2v) is 5.32. The molecule has 0 spiro atoms. The van der Waals surface area contributed by atoms with E-state index in [1.54, 1.807) is 18.4 Å². The summed E-state index contributed by atoms with van der Waals surface area (Å²) in [7, 11) is 1.74. The molecule has 2 nitrogen and oxygen atoms in total. The third-order valence-corrected chi connectivity index (χ3v) is 3.38. The topological polar surface area (TPSA) is 21.3 Å². The lowest BCUT2D eigenvalue weighted by atomic mass is 10.2. The molecule has 1 aromatic heterocycles. The molecule has 86 valence electrons. The van der Waals surface area contributed by atoms with Gasteiger partial charge in [-0.15, -0.1) is 11.3 Å². The number of nitrogens with one attached hydrogen (secondary N) is 1. The van der Waals surface area contributed by atoms with E-state index in [1.165, 1.54) is 4.88 Å². The van der Waals surface area contributed by atoms with Crippen molar-refractivity contribution in [2.45, 2.75) is 25.8 Å². The molecule has 1 aromatic rings. The molecule has 15 heavy (non-hydrogen) atoms. The van der Waals surface area contributed by atoms with Crippen LogP contribution in [-0.2, 0) is 11.2 Å². The predicted octanol–water partition coefficient (Wildman–Crippen LogP) is 2.96. The molecule has 0 aliphatic rings. The van der Waals surface area contributed by atoms with Crippen molar-refractivity contribution in [3.63, 3.8) is 0 Å². The number of ether oxygens (including phenoxy) is 1. The van der Waals surface area contributed by atoms with Gasteiger partial charge in [0.05, 0.1) is 10.9 Å². The van der Waals surface area contributed by atoms with Gasteiger partial charge >= 0.3 is 0 Å². The van der Waals surface area contributed by atoms with Crippen molar-refractivity contribution >= 4 is 22.9 Å². The highest BCUT2D eigenvalue weighted by Gasteiger charge is 2.09. The number of thiophene rings is 1. The molecule has 0 saturated heterocycles. The number of rotatable bonds is 7. The zero-order chi connectivity index (χ0) is 11.1. The van der Waals surface area contributed by atoms with E-state index in [0.717, 1.165) is 30.3 Å². The molecular formula is C11H18ClNOS. The van der Waals surface area contributed by atoms with Gasteiger partial charge in [0.25, 0.3) is 0 Å². The summed E-state index contributed by atoms with van der Waals surface area (Å²) < 4.78 is 6.05. The molecule has 0 bridgehead atoms. The average Bonchev–Trinajstić information content (AvgIpc) is 2.61. The molecule has 0 saturated carbocycles. The maximum atomic E-state index is 5.89. The highest BCUT2D eigenvalue weighted by atomic mass is 35.5. The minimum atomic E-state index is 0.393. The molecule has 0 fully saturated rings. The normalized spacial score (nSPS) is 13.0. The Morgan fingerprint density at radius 2 is 2.33 bits per heavy atom. The SMILES string of the molecule is CCCNC(COC)Cc1ccc(Cl)s1. The summed E-state index contributed by atoms with van der Waals surface area (Å²) in [5.41, 5.74) is 0. The zero-order valence-corrected chi connectivity index (χ0v) is 10.8. The summed E-state index contributed by atoms with van der Waals surface area (Å²) in [6.07, 6.45) is 2.14. The van der Waals surface area contributed by atoms with Gasteiger partial charge in [0.2, 0.25) is 0 Å². The maximum Gasteiger partial charge on any atom is 0.0931 e. The lowest BCUT2D eigenvalue weighted by Crippen LogP contribution is -2.35. The minimum absolute atomic E-state index is 0.393. The molecule has 0 amide bonds. The highest BCUT2D eigenvalue weighted by molar-refractivity contribution is 7.16. The monoisotopic (exact) mass is 247 g/mol. The van der Waals surface area contributed by atoms with Crippen LogP contribution in [0.5, 0.6) is 0 Å². The molecule has 0 aliphatic heterocycles. The van der Waals surface area contributed by atoms with E-state index in [-0.39, 0.29) is 0 Å². The fourth-order valence-corrected chi connectivity index (χ4v) is 2.61. The Bertz CT molecular complexity index is 277. The fourth-order valence-electron chi connectivity index (χ4n) is 1.44. The van der Waals surface area contributed by atoms with Crippen molar-refractivity contribution < 1.29 is 4.74 Å². The van der Waals surface area contributed by atoms with Crippen molar-refractivity contribution in [2.24, 2.45) is 0 Å². The van der Waals surface area contributed by atoms with Crippen LogP contribution in [0.25, 0.3) is 0 Å². The summed E-state index contributed by atoms with van der Waals surface area (Å²) in [6.45, 7) is 3.95. The van der Waals surface area contributed by atoms with Gasteiger partial charge in [-0.1, -0.05) is 18.5 Å². The van der Waals surface area contributed by atoms with Crippen LogP contribution in [0.2, 0.25) is 4.34 Å². The van der Waals surface area contributed by atoms with Crippen LogP contribution in [0.4, 0.5) is 0 Å². The van der Waals surface area contributed by atoms with E-state index in [2.05, 4.69) is 18.3 Å². The molecule has 1 heterocycles. The van der Waals surface area contributed by atoms with E-state index in [0.29, 0.717) is 6.04 Å². The number of hydrogen-bond donors (Lipinski definition) is 1. The lowest BCUT2D eigenvalue weighted by Gasteiger charge is -2.16. The number of halogens is 1. The Balaban J connectivity index is 2.42. The van der Waals surface area contributed by atoms with E-state index in [4.69, 9.17) is 16.3 Å². The summed E-state index contributed by atoms with van der Waals surface area (Å²) in [6, 6.07) is 4.43. The first-order chi connectivity index (χ1) is 7.26. The average molecular weight is 248 g/mol. The first-order valence-electron chi connectivity index (χ1n) is 5.22. The minimum Gasteiger partial charge on any atom is -0.383 e. The Hall–Kier alpha value is -0.0900. The summed E-state index contributed by atoms with van der Waals surface area (Å²) in [5.74, 6) is 0. The summed E-state index contributed by atoms with van der Waals surface area (Å²) in [4.78, 5) is 1.31. The molecular weight excluding hydrogens is 230 g/mol. The second-order valence-electron chi connectivity index (χ2n) is 3.52. The van der Waals surface area contributed by atoms with Gasteiger partial charge in [0, 0.05) is 18.0 Å². The second kappa shape index (κ2) is 7.23. The van der Waals surface area contributed by atoms with E-state index >= 15 is 0 Å². The zero-order valence-electron chi connectivity index (χ0n) is 9.25. The molecule has 1 unspecified atom stereocenters. The van der Waals surface area contributed by atoms with Gasteiger partial charge in [-0.05, 0) is 31.5 Å². The Morgan fingerprint density at radius 3 is 2.87 bits per heavy atom. The molecule has 1 atom stereocenters. The smallest absolute Gasteiger partial charge is 0.0931 e. The first kappa shape index (κ1) is 13.0. The van der Waals surface area contributed by atoms with Crippen LogP contribution < -0.4 is 5.32 Å². The van der Waals surface area contributed by atoms with E-state index in [1.807, 2.05) is 6.07 Å². The van der Waals surface area contributed by atoms with Crippen molar-refractivity contribution in [2.75, 3.05) is 20.3 Å². The van der Waals surface area contributed by atoms with Gasteiger partial charge in [0.1, 0.15) is 0 Å². The summed E-state index contributed by atoms with van der Waals surface area (Å²) >= 11 is 7.54. The van der Waals surface area contributed by atoms with Crippen LogP contribution in [0.3, 0.4) is 0 Å². The van der Waals surface area contributed by atoms with Crippen LogP contribution in [0.15, 0.2) is 12.1 Å². The van der Waals surface area contributed by atoms with Gasteiger partial charge in [-0.2, -0.15) is 0 Å². The molecule has 1 N–H and O–H groups in total. The van der Waals surface area contributed by atoms with E-state index < -0.39 is 0 Å². The van der Waals surface area contributed by atoms with E-state index in [9.17, 15) is 0 Å². The molecule has 0 radical (unpaired) electrons. The Kier molecular flexibility index (Phi) is 6.25. The molecule has 1 rings (SSSR count). The summed E-state index contributed by atoms with van der Waals surface area (Å²) in [5, 5.41) is 3.47. The standard InChI is InChI=1S/C11H18ClNOS/c1-3-6-13-9(8-14-2)7-10-4-5-11(12)15-10/h4-5,9,13H,3,6-8H2,1-2H3. The molecule has 0 aliphatic carbocycles. The predicted molar refractivity (Wildman–Crippen MR) is 67.0 cm³/mol. The van der Waals surface area contributed by atoms with Gasteiger partial charge in [-0.25, -0.2) is 0 Å². The van der Waals surface area contributed by atoms with Crippen LogP contribution in [0, 0.1) is 0 Å². The van der Waals surface area contributed by atoms with Crippen LogP contribution in [-0.4, -0.2) is 26.3 Å². The van der Waals surface area contributed by atoms with Crippen molar-refractivity contribution in [1.29, 1.82) is 0 Å². The van der Waals surface area contributed by atoms with Crippen LogP contribution >= 0.6 is 22.9 Å². The van der Waals surface area contributed by atoms with Crippen molar-refractivity contribution in [3.05, 3.63) is 21.3 Å². The third kappa shape index (κ3) is 4.98. The molecule has 4 heteroatoms. The molecule has 0 aromatic carbocycles. The first-order valence-corrected chi connectivity index (χ1v) is 6.42. The van der Waals surface area contributed by atoms with Gasteiger partial charge in [0.15, 0.2) is 0 Å². The Morgan fingerprint density at radius 1 is 1.53 bits per heavy atom. The maximum absolute atomic E-state index is 5.89. The third-order valence-electron chi connectivity index (χ3n) is 2.13. The quantitative estimate of drug-likeness (QED) is 0.800. The number of methoxy groups -OCH3 is 1. The van der Waals surface area contributed by atoms with Gasteiger partial charge in [-0.3, -0.25) is 0 Å². The van der Waals surface area contributed by atoms with Gasteiger partial charge < -0.3 is 10.1 Å². The number of hydrogen-bond acceptors (Lipinski definition) is 3. The van der Waals surface area contributed by atoms with Crippen molar-refractivity contribution in [1.82, 2.24) is 5.32 Å². The highest BCUT2D eigenvalue weighted by Crippen LogP contribution is 2.22.